The number of ether oxygens (including phenoxy) is 1. The van der Waals surface area contributed by atoms with Crippen LogP contribution in [0, 0.1) is 5.92 Å². The second kappa shape index (κ2) is 15.7. The minimum absolute atomic E-state index is 0.0171. The van der Waals surface area contributed by atoms with Crippen LogP contribution in [0.5, 0.6) is 11.6 Å². The molecule has 2 fully saturated rings. The normalized spacial score (nSPS) is 16.5. The lowest BCUT2D eigenvalue weighted by atomic mass is 9.96. The highest BCUT2D eigenvalue weighted by molar-refractivity contribution is 6.35. The van der Waals surface area contributed by atoms with Crippen molar-refractivity contribution in [2.45, 2.75) is 39.2 Å². The molecular weight excluding hydrogens is 615 g/mol. The molecule has 0 atom stereocenters. The van der Waals surface area contributed by atoms with Crippen LogP contribution >= 0.6 is 23.2 Å². The fourth-order valence-electron chi connectivity index (χ4n) is 5.74. The van der Waals surface area contributed by atoms with Gasteiger partial charge in [0.1, 0.15) is 0 Å². The van der Waals surface area contributed by atoms with Gasteiger partial charge in [-0.15, -0.1) is 0 Å². The van der Waals surface area contributed by atoms with Crippen LogP contribution in [0.1, 0.15) is 38.2 Å². The van der Waals surface area contributed by atoms with Gasteiger partial charge in [0, 0.05) is 74.3 Å². The summed E-state index contributed by atoms with van der Waals surface area (Å²) < 4.78 is 6.20. The number of piperazine rings is 1. The molecule has 5 rings (SSSR count). The van der Waals surface area contributed by atoms with E-state index >= 15 is 0 Å². The molecule has 2 aliphatic rings. The average Bonchev–Trinajstić information content (AvgIpc) is 3.01. The molecule has 0 unspecified atom stereocenters. The fraction of sp³-hybridized carbons (Fsp3) is 0.469. The Balaban J connectivity index is 1.25. The summed E-state index contributed by atoms with van der Waals surface area (Å²) in [4.78, 5) is 43.1. The summed E-state index contributed by atoms with van der Waals surface area (Å²) in [5, 5.41) is 4.01. The molecule has 0 radical (unpaired) electrons. The number of anilines is 1. The maximum absolute atomic E-state index is 11.3. The highest BCUT2D eigenvalue weighted by atomic mass is 35.5. The van der Waals surface area contributed by atoms with Gasteiger partial charge in [0.2, 0.25) is 23.6 Å². The van der Waals surface area contributed by atoms with E-state index in [4.69, 9.17) is 38.7 Å². The van der Waals surface area contributed by atoms with Crippen LogP contribution in [0.3, 0.4) is 0 Å². The van der Waals surface area contributed by atoms with Gasteiger partial charge in [0.15, 0.2) is 5.75 Å². The number of likely N-dealkylation sites (tertiary alicyclic amines) is 1. The van der Waals surface area contributed by atoms with Crippen molar-refractivity contribution in [3.05, 3.63) is 58.3 Å². The molecule has 2 amide bonds. The summed E-state index contributed by atoms with van der Waals surface area (Å²) in [7, 11) is 0. The van der Waals surface area contributed by atoms with Gasteiger partial charge in [0.05, 0.1) is 18.1 Å². The number of halogens is 2. The third kappa shape index (κ3) is 9.99. The Kier molecular flexibility index (Phi) is 11.4. The minimum atomic E-state index is -0.257. The number of piperidine rings is 1. The molecule has 1 aromatic carbocycles. The summed E-state index contributed by atoms with van der Waals surface area (Å²) in [6.07, 6.45) is 6.59. The first-order valence-electron chi connectivity index (χ1n) is 15.4. The summed E-state index contributed by atoms with van der Waals surface area (Å²) in [6, 6.07) is 9.37. The summed E-state index contributed by atoms with van der Waals surface area (Å²) in [6.45, 7) is 9.12. The van der Waals surface area contributed by atoms with Gasteiger partial charge in [-0.2, -0.15) is 0 Å². The quantitative estimate of drug-likeness (QED) is 0.292. The predicted molar refractivity (Wildman–Crippen MR) is 176 cm³/mol. The molecule has 2 aromatic heterocycles. The summed E-state index contributed by atoms with van der Waals surface area (Å²) in [5.74, 6) is 1.82. The topological polar surface area (TPSA) is 130 Å². The maximum Gasteiger partial charge on any atom is 0.225 e. The van der Waals surface area contributed by atoms with Gasteiger partial charge in [-0.3, -0.25) is 19.4 Å². The number of benzene rings is 1. The molecule has 4 heterocycles. The van der Waals surface area contributed by atoms with E-state index in [1.807, 2.05) is 24.3 Å². The highest BCUT2D eigenvalue weighted by Gasteiger charge is 2.21. The van der Waals surface area contributed by atoms with E-state index in [1.54, 1.807) is 25.4 Å². The molecule has 3 N–H and O–H groups in total. The maximum atomic E-state index is 11.3. The monoisotopic (exact) mass is 654 g/mol. The first kappa shape index (κ1) is 32.9. The molecule has 0 spiro atoms. The van der Waals surface area contributed by atoms with Crippen molar-refractivity contribution in [2.75, 3.05) is 57.3 Å². The smallest absolute Gasteiger partial charge is 0.225 e. The van der Waals surface area contributed by atoms with E-state index in [9.17, 15) is 9.59 Å². The van der Waals surface area contributed by atoms with Crippen LogP contribution in [0.25, 0.3) is 11.3 Å². The molecular formula is C32H40Cl2N8O3. The van der Waals surface area contributed by atoms with Crippen LogP contribution in [-0.2, 0) is 16.1 Å². The molecule has 13 heteroatoms. The number of nitrogens with zero attached hydrogens (tertiary/aromatic N) is 6. The number of amides is 2. The van der Waals surface area contributed by atoms with Gasteiger partial charge in [-0.1, -0.05) is 23.2 Å². The molecule has 3 aromatic rings. The van der Waals surface area contributed by atoms with Crippen LogP contribution < -0.4 is 20.7 Å². The standard InChI is InChI=1S/C32H40Cl2N8O3/c1-22(43)36-18-23-4-7-41(8-5-23)21-24-13-29(25-15-26(33)17-27(34)16-25)39-31(14-24)45-28-19-37-32(38-20-28)42-11-9-40(10-12-42)6-2-3-30(35)44/h13-17,19-20,23H,2-12,18,21H2,1H3,(H2,35,44)(H,36,43). The number of primary amides is 1. The van der Waals surface area contributed by atoms with Crippen molar-refractivity contribution in [3.8, 4) is 22.9 Å². The Labute approximate surface area is 274 Å². The Morgan fingerprint density at radius 1 is 0.956 bits per heavy atom. The van der Waals surface area contributed by atoms with Crippen LogP contribution in [0.2, 0.25) is 10.0 Å². The van der Waals surface area contributed by atoms with Gasteiger partial charge in [-0.25, -0.2) is 15.0 Å². The first-order valence-corrected chi connectivity index (χ1v) is 16.2. The van der Waals surface area contributed by atoms with Crippen LogP contribution in [0.4, 0.5) is 5.95 Å². The van der Waals surface area contributed by atoms with Crippen molar-refractivity contribution in [3.63, 3.8) is 0 Å². The first-order chi connectivity index (χ1) is 21.7. The third-order valence-electron chi connectivity index (χ3n) is 8.16. The van der Waals surface area contributed by atoms with E-state index in [2.05, 4.69) is 30.0 Å². The lowest BCUT2D eigenvalue weighted by Gasteiger charge is -2.34. The van der Waals surface area contributed by atoms with Gasteiger partial charge < -0.3 is 20.7 Å². The molecule has 11 nitrogen and oxygen atoms in total. The van der Waals surface area contributed by atoms with Crippen molar-refractivity contribution >= 4 is 41.0 Å². The number of nitrogens with one attached hydrogen (secondary N) is 1. The molecule has 240 valence electrons. The van der Waals surface area contributed by atoms with Crippen molar-refractivity contribution in [1.29, 1.82) is 0 Å². The predicted octanol–water partition coefficient (Wildman–Crippen LogP) is 4.37. The zero-order chi connectivity index (χ0) is 31.8. The second-order valence-electron chi connectivity index (χ2n) is 11.7. The average molecular weight is 656 g/mol. The second-order valence-corrected chi connectivity index (χ2v) is 12.6. The molecule has 0 bridgehead atoms. The SMILES string of the molecule is CC(=O)NCC1CCN(Cc2cc(Oc3cnc(N4CCN(CCCC(N)=O)CC4)nc3)nc(-c3cc(Cl)cc(Cl)c3)c2)CC1. The number of rotatable bonds is 12. The number of nitrogens with two attached hydrogens (primary N) is 1. The number of carbonyl (C=O) groups is 2. The molecule has 2 saturated heterocycles. The molecule has 2 aliphatic heterocycles. The molecule has 45 heavy (non-hydrogen) atoms. The van der Waals surface area contributed by atoms with Gasteiger partial charge >= 0.3 is 0 Å². The van der Waals surface area contributed by atoms with Gasteiger partial charge in [0.25, 0.3) is 0 Å². The largest absolute Gasteiger partial charge is 0.436 e. The van der Waals surface area contributed by atoms with Crippen LogP contribution in [0.15, 0.2) is 42.7 Å². The number of hydrogen-bond acceptors (Lipinski definition) is 9. The van der Waals surface area contributed by atoms with E-state index in [-0.39, 0.29) is 11.8 Å². The molecule has 0 aliphatic carbocycles. The van der Waals surface area contributed by atoms with Crippen molar-refractivity contribution in [2.24, 2.45) is 11.7 Å². The zero-order valence-electron chi connectivity index (χ0n) is 25.6. The van der Waals surface area contributed by atoms with E-state index < -0.39 is 0 Å². The Hall–Kier alpha value is -3.51. The van der Waals surface area contributed by atoms with Crippen LogP contribution in [-0.4, -0.2) is 88.9 Å². The van der Waals surface area contributed by atoms with Gasteiger partial charge in [-0.05, 0) is 74.6 Å². The van der Waals surface area contributed by atoms with Crippen molar-refractivity contribution < 1.29 is 14.3 Å². The highest BCUT2D eigenvalue weighted by Crippen LogP contribution is 2.31. The molecule has 0 saturated carbocycles. The zero-order valence-corrected chi connectivity index (χ0v) is 27.1. The fourth-order valence-corrected chi connectivity index (χ4v) is 6.27. The third-order valence-corrected chi connectivity index (χ3v) is 8.60. The summed E-state index contributed by atoms with van der Waals surface area (Å²) in [5.41, 5.74) is 7.82. The Morgan fingerprint density at radius 3 is 2.29 bits per heavy atom. The van der Waals surface area contributed by atoms with E-state index in [1.165, 1.54) is 0 Å². The lowest BCUT2D eigenvalue weighted by molar-refractivity contribution is -0.119. The number of pyridine rings is 1. The Bertz CT molecular complexity index is 1440. The number of carbonyl (C=O) groups excluding carboxylic acids is 2. The lowest BCUT2D eigenvalue weighted by Crippen LogP contribution is -2.47. The summed E-state index contributed by atoms with van der Waals surface area (Å²) >= 11 is 12.7. The van der Waals surface area contributed by atoms with E-state index in [0.29, 0.717) is 45.7 Å². The Morgan fingerprint density at radius 2 is 1.64 bits per heavy atom. The number of aromatic nitrogens is 3. The number of hydrogen-bond donors (Lipinski definition) is 2. The minimum Gasteiger partial charge on any atom is -0.436 e. The van der Waals surface area contributed by atoms with Crippen molar-refractivity contribution in [1.82, 2.24) is 30.1 Å². The van der Waals surface area contributed by atoms with E-state index in [0.717, 1.165) is 89.3 Å².